The molecule has 1 aromatic heterocycles. The van der Waals surface area contributed by atoms with Crippen molar-refractivity contribution in [2.75, 3.05) is 24.5 Å². The normalized spacial score (nSPS) is 15.8. The van der Waals surface area contributed by atoms with E-state index in [1.54, 1.807) is 20.7 Å². The molecular weight excluding hydrogens is 392 g/mol. The van der Waals surface area contributed by atoms with Crippen LogP contribution in [0.1, 0.15) is 45.2 Å². The van der Waals surface area contributed by atoms with E-state index in [0.29, 0.717) is 24.7 Å². The van der Waals surface area contributed by atoms with Crippen molar-refractivity contribution in [3.05, 3.63) is 41.6 Å². The molecule has 2 aliphatic rings. The van der Waals surface area contributed by atoms with E-state index in [1.807, 2.05) is 63.8 Å². The van der Waals surface area contributed by atoms with Crippen molar-refractivity contribution in [2.24, 2.45) is 4.99 Å². The number of hydrogen-bond acceptors (Lipinski definition) is 4. The number of amidine groups is 1. The summed E-state index contributed by atoms with van der Waals surface area (Å²) in [6.07, 6.45) is 2.56. The maximum absolute atomic E-state index is 13.5. The molecular formula is C23H30N6O2. The van der Waals surface area contributed by atoms with Crippen molar-refractivity contribution in [1.82, 2.24) is 19.6 Å². The molecule has 0 N–H and O–H groups in total. The Balaban J connectivity index is 1.80. The lowest BCUT2D eigenvalue weighted by molar-refractivity contribution is -0.133. The average Bonchev–Trinajstić information content (AvgIpc) is 3.16. The third-order valence-electron chi connectivity index (χ3n) is 5.73. The zero-order valence-electron chi connectivity index (χ0n) is 18.9. The monoisotopic (exact) mass is 422 g/mol. The standard InChI is InChI=1S/C23H30N6O2/c1-15(2)28(16(3)4)20(30)14-27-22-19(21-24-11-6-12-26(21)23(27)31)13-25-29(22)18-9-7-17(5)8-10-18/h7-10,13,15-16H,6,11-12,14H2,1-5H3. The van der Waals surface area contributed by atoms with Crippen LogP contribution in [0.15, 0.2) is 35.5 Å². The van der Waals surface area contributed by atoms with Crippen LogP contribution >= 0.6 is 0 Å². The minimum atomic E-state index is -0.222. The molecule has 31 heavy (non-hydrogen) atoms. The quantitative estimate of drug-likeness (QED) is 0.743. The Morgan fingerprint density at radius 1 is 1.13 bits per heavy atom. The Morgan fingerprint density at radius 2 is 1.81 bits per heavy atom. The molecule has 0 bridgehead atoms. The van der Waals surface area contributed by atoms with Crippen molar-refractivity contribution < 1.29 is 9.59 Å². The van der Waals surface area contributed by atoms with Crippen LogP contribution in [0.4, 0.5) is 10.6 Å². The van der Waals surface area contributed by atoms with Crippen LogP contribution in [0.3, 0.4) is 0 Å². The van der Waals surface area contributed by atoms with E-state index >= 15 is 0 Å². The summed E-state index contributed by atoms with van der Waals surface area (Å²) < 4.78 is 1.74. The maximum atomic E-state index is 13.5. The Labute approximate surface area is 183 Å². The van der Waals surface area contributed by atoms with Gasteiger partial charge >= 0.3 is 6.03 Å². The molecule has 0 aliphatic carbocycles. The van der Waals surface area contributed by atoms with Crippen molar-refractivity contribution in [1.29, 1.82) is 0 Å². The van der Waals surface area contributed by atoms with E-state index < -0.39 is 0 Å². The van der Waals surface area contributed by atoms with Gasteiger partial charge in [0.25, 0.3) is 0 Å². The fraction of sp³-hybridized carbons (Fsp3) is 0.478. The Bertz CT molecular complexity index is 1010. The van der Waals surface area contributed by atoms with Crippen LogP contribution < -0.4 is 4.90 Å². The van der Waals surface area contributed by atoms with Gasteiger partial charge in [-0.3, -0.25) is 19.6 Å². The number of urea groups is 1. The molecule has 0 unspecified atom stereocenters. The smallest absolute Gasteiger partial charge is 0.331 e. The van der Waals surface area contributed by atoms with E-state index in [-0.39, 0.29) is 30.6 Å². The Hall–Kier alpha value is -3.16. The third-order valence-corrected chi connectivity index (χ3v) is 5.73. The second-order valence-electron chi connectivity index (χ2n) is 8.70. The molecule has 8 heteroatoms. The van der Waals surface area contributed by atoms with Crippen molar-refractivity contribution >= 4 is 23.6 Å². The summed E-state index contributed by atoms with van der Waals surface area (Å²) in [5.74, 6) is 1.17. The van der Waals surface area contributed by atoms with Gasteiger partial charge in [0.15, 0.2) is 5.82 Å². The van der Waals surface area contributed by atoms with Crippen LogP contribution in [0.2, 0.25) is 0 Å². The summed E-state index contributed by atoms with van der Waals surface area (Å²) >= 11 is 0. The highest BCUT2D eigenvalue weighted by Gasteiger charge is 2.41. The van der Waals surface area contributed by atoms with Crippen LogP contribution in [0.5, 0.6) is 0 Å². The average molecular weight is 423 g/mol. The van der Waals surface area contributed by atoms with Crippen LogP contribution in [0.25, 0.3) is 5.69 Å². The number of benzene rings is 1. The largest absolute Gasteiger partial charge is 0.336 e. The van der Waals surface area contributed by atoms with Gasteiger partial charge in [0.2, 0.25) is 5.91 Å². The highest BCUT2D eigenvalue weighted by molar-refractivity contribution is 6.19. The van der Waals surface area contributed by atoms with Crippen LogP contribution in [-0.4, -0.2) is 69.1 Å². The van der Waals surface area contributed by atoms with Gasteiger partial charge in [0.05, 0.1) is 17.4 Å². The number of nitrogens with zero attached hydrogens (tertiary/aromatic N) is 6. The maximum Gasteiger partial charge on any atom is 0.331 e. The van der Waals surface area contributed by atoms with Gasteiger partial charge in [-0.15, -0.1) is 0 Å². The van der Waals surface area contributed by atoms with Gasteiger partial charge in [-0.05, 0) is 53.2 Å². The summed E-state index contributed by atoms with van der Waals surface area (Å²) in [5.41, 5.74) is 2.76. The van der Waals surface area contributed by atoms with E-state index in [9.17, 15) is 9.59 Å². The van der Waals surface area contributed by atoms with Gasteiger partial charge in [0.1, 0.15) is 12.4 Å². The van der Waals surface area contributed by atoms with E-state index in [2.05, 4.69) is 10.1 Å². The molecule has 0 radical (unpaired) electrons. The number of carbonyl (C=O) groups excluding carboxylic acids is 2. The highest BCUT2D eigenvalue weighted by Crippen LogP contribution is 2.33. The first-order valence-electron chi connectivity index (χ1n) is 10.9. The number of aliphatic imine (C=N–C) groups is 1. The minimum absolute atomic E-state index is 0.0382. The van der Waals surface area contributed by atoms with Gasteiger partial charge in [-0.25, -0.2) is 9.48 Å². The first-order chi connectivity index (χ1) is 14.8. The molecule has 164 valence electrons. The second kappa shape index (κ2) is 8.17. The lowest BCUT2D eigenvalue weighted by Crippen LogP contribution is -2.57. The molecule has 3 amide bonds. The zero-order valence-corrected chi connectivity index (χ0v) is 18.9. The molecule has 0 saturated carbocycles. The Kier molecular flexibility index (Phi) is 5.56. The number of fused-ring (bicyclic) bond motifs is 3. The molecule has 1 aromatic carbocycles. The van der Waals surface area contributed by atoms with Gasteiger partial charge in [-0.2, -0.15) is 5.10 Å². The molecule has 2 aromatic rings. The molecule has 0 spiro atoms. The minimum Gasteiger partial charge on any atom is -0.336 e. The molecule has 2 aliphatic heterocycles. The van der Waals surface area contributed by atoms with Crippen LogP contribution in [0, 0.1) is 6.92 Å². The fourth-order valence-electron chi connectivity index (χ4n) is 4.42. The molecule has 8 nitrogen and oxygen atoms in total. The summed E-state index contributed by atoms with van der Waals surface area (Å²) in [7, 11) is 0. The lowest BCUT2D eigenvalue weighted by atomic mass is 10.1. The number of aromatic nitrogens is 2. The second-order valence-corrected chi connectivity index (χ2v) is 8.70. The number of carbonyl (C=O) groups is 2. The summed E-state index contributed by atoms with van der Waals surface area (Å²) in [6, 6.07) is 7.82. The summed E-state index contributed by atoms with van der Waals surface area (Å²) in [5, 5.41) is 4.59. The molecule has 0 atom stereocenters. The van der Waals surface area contributed by atoms with Crippen molar-refractivity contribution in [3.63, 3.8) is 0 Å². The summed E-state index contributed by atoms with van der Waals surface area (Å²) in [4.78, 5) is 36.5. The van der Waals surface area contributed by atoms with Crippen LogP contribution in [-0.2, 0) is 4.79 Å². The molecule has 0 fully saturated rings. The van der Waals surface area contributed by atoms with Crippen molar-refractivity contribution in [2.45, 2.75) is 53.1 Å². The number of aryl methyl sites for hydroxylation is 1. The third kappa shape index (κ3) is 3.71. The molecule has 0 saturated heterocycles. The first-order valence-corrected chi connectivity index (χ1v) is 10.9. The summed E-state index contributed by atoms with van der Waals surface area (Å²) in [6.45, 7) is 11.2. The van der Waals surface area contributed by atoms with E-state index in [4.69, 9.17) is 0 Å². The van der Waals surface area contributed by atoms with Gasteiger partial charge < -0.3 is 4.90 Å². The topological polar surface area (TPSA) is 74.0 Å². The van der Waals surface area contributed by atoms with Crippen molar-refractivity contribution in [3.8, 4) is 5.69 Å². The Morgan fingerprint density at radius 3 is 2.45 bits per heavy atom. The SMILES string of the molecule is Cc1ccc(-n2ncc3c2N(CC(=O)N(C(C)C)C(C)C)C(=O)N2CCCN=C32)cc1. The number of rotatable bonds is 5. The molecule has 4 rings (SSSR count). The van der Waals surface area contributed by atoms with E-state index in [1.165, 1.54) is 0 Å². The van der Waals surface area contributed by atoms with E-state index in [0.717, 1.165) is 23.2 Å². The predicted molar refractivity (Wildman–Crippen MR) is 121 cm³/mol. The number of anilines is 1. The van der Waals surface area contributed by atoms with Gasteiger partial charge in [-0.1, -0.05) is 17.7 Å². The fourth-order valence-corrected chi connectivity index (χ4v) is 4.42. The predicted octanol–water partition coefficient (Wildman–Crippen LogP) is 3.22. The highest BCUT2D eigenvalue weighted by atomic mass is 16.2. The number of amides is 3. The zero-order chi connectivity index (χ0) is 22.3. The lowest BCUT2D eigenvalue weighted by Gasteiger charge is -2.39. The molecule has 3 heterocycles. The first kappa shape index (κ1) is 21.1. The number of hydrogen-bond donors (Lipinski definition) is 0. The van der Waals surface area contributed by atoms with Gasteiger partial charge in [0, 0.05) is 25.2 Å².